The van der Waals surface area contributed by atoms with Gasteiger partial charge in [-0.1, -0.05) is 0 Å². The van der Waals surface area contributed by atoms with Crippen LogP contribution in [-0.2, 0) is 13.1 Å². The number of aromatic nitrogens is 3. The minimum atomic E-state index is 0.168. The molecule has 5 nitrogen and oxygen atoms in total. The molecule has 0 aliphatic carbocycles. The molecule has 56 valence electrons. The highest BCUT2D eigenvalue weighted by molar-refractivity contribution is 6.28. The van der Waals surface area contributed by atoms with Crippen molar-refractivity contribution in [3.63, 3.8) is 0 Å². The normalized spacial score (nSPS) is 10.0. The zero-order valence-corrected chi connectivity index (χ0v) is 5.99. The first-order valence-corrected chi connectivity index (χ1v) is 3.15. The summed E-state index contributed by atoms with van der Waals surface area (Å²) in [6, 6.07) is 0. The van der Waals surface area contributed by atoms with Gasteiger partial charge in [0.05, 0.1) is 18.8 Å². The predicted octanol–water partition coefficient (Wildman–Crippen LogP) is -2.42. The monoisotopic (exact) mass is 149 g/mol. The van der Waals surface area contributed by atoms with Gasteiger partial charge < -0.3 is 11.5 Å². The van der Waals surface area contributed by atoms with Crippen LogP contribution in [0.2, 0.25) is 0 Å². The van der Waals surface area contributed by atoms with Gasteiger partial charge in [-0.05, 0) is 0 Å². The van der Waals surface area contributed by atoms with Crippen LogP contribution in [0.1, 0.15) is 11.6 Å². The summed E-state index contributed by atoms with van der Waals surface area (Å²) >= 11 is 0. The maximum absolute atomic E-state index is 5.34. The smallest absolute Gasteiger partial charge is 0.170 e. The van der Waals surface area contributed by atoms with Gasteiger partial charge in [0.25, 0.3) is 0 Å². The highest BCUT2D eigenvalue weighted by Gasteiger charge is 1.98. The summed E-state index contributed by atoms with van der Waals surface area (Å²) in [6.45, 7) is 0.499. The van der Waals surface area contributed by atoms with Crippen LogP contribution in [0, 0.1) is 0 Å². The fourth-order valence-electron chi connectivity index (χ4n) is 0.671. The van der Waals surface area contributed by atoms with E-state index in [1.54, 1.807) is 0 Å². The quantitative estimate of drug-likeness (QED) is 0.456. The van der Waals surface area contributed by atoms with Gasteiger partial charge >= 0.3 is 0 Å². The van der Waals surface area contributed by atoms with Gasteiger partial charge in [0.15, 0.2) is 7.85 Å². The Morgan fingerprint density at radius 2 is 1.45 bits per heavy atom. The lowest BCUT2D eigenvalue weighted by atomic mass is 10.1. The Balaban J connectivity index is 3.02. The van der Waals surface area contributed by atoms with E-state index < -0.39 is 0 Å². The molecular weight excluding hydrogens is 141 g/mol. The van der Waals surface area contributed by atoms with Crippen molar-refractivity contribution in [2.45, 2.75) is 13.1 Å². The predicted molar refractivity (Wildman–Crippen MR) is 41.0 cm³/mol. The molecule has 1 rings (SSSR count). The zero-order valence-electron chi connectivity index (χ0n) is 5.99. The maximum atomic E-state index is 5.34. The highest BCUT2D eigenvalue weighted by atomic mass is 15.0. The van der Waals surface area contributed by atoms with Crippen molar-refractivity contribution in [1.29, 1.82) is 0 Å². The molecule has 0 fully saturated rings. The summed E-state index contributed by atoms with van der Waals surface area (Å²) in [5, 5.41) is 0. The number of hydrogen-bond acceptors (Lipinski definition) is 5. The molecule has 1 aromatic heterocycles. The molecule has 0 bridgehead atoms. The second-order valence-electron chi connectivity index (χ2n) is 1.93. The Morgan fingerprint density at radius 3 is 1.82 bits per heavy atom. The molecule has 0 spiro atoms. The molecule has 0 atom stereocenters. The van der Waals surface area contributed by atoms with E-state index in [2.05, 4.69) is 15.0 Å². The Hall–Kier alpha value is -1.01. The van der Waals surface area contributed by atoms with Crippen molar-refractivity contribution in [2.24, 2.45) is 11.5 Å². The summed E-state index contributed by atoms with van der Waals surface area (Å²) in [6.07, 6.45) is 0. The van der Waals surface area contributed by atoms with Crippen molar-refractivity contribution in [3.05, 3.63) is 11.6 Å². The second-order valence-corrected chi connectivity index (χ2v) is 1.93. The minimum absolute atomic E-state index is 0.168. The highest BCUT2D eigenvalue weighted by Crippen LogP contribution is 1.85. The average Bonchev–Trinajstić information content (AvgIpc) is 2.03. The molecule has 1 aromatic rings. The summed E-state index contributed by atoms with van der Waals surface area (Å²) < 4.78 is 0. The molecule has 2 radical (unpaired) electrons. The summed E-state index contributed by atoms with van der Waals surface area (Å²) in [5.41, 5.74) is 10.8. The minimum Gasteiger partial charge on any atom is -0.324 e. The molecule has 0 aliphatic rings. The SMILES string of the molecule is [B]c1nc(CN)nc(CN)n1. The molecule has 0 aromatic carbocycles. The van der Waals surface area contributed by atoms with Crippen molar-refractivity contribution in [2.75, 3.05) is 0 Å². The van der Waals surface area contributed by atoms with Gasteiger partial charge in [0, 0.05) is 0 Å². The number of rotatable bonds is 2. The van der Waals surface area contributed by atoms with E-state index in [-0.39, 0.29) is 18.8 Å². The van der Waals surface area contributed by atoms with Crippen LogP contribution in [0.3, 0.4) is 0 Å². The molecule has 6 heteroatoms. The Morgan fingerprint density at radius 1 is 1.00 bits per heavy atom. The lowest BCUT2D eigenvalue weighted by Crippen LogP contribution is -2.22. The zero-order chi connectivity index (χ0) is 8.27. The van der Waals surface area contributed by atoms with Crippen LogP contribution >= 0.6 is 0 Å². The maximum Gasteiger partial charge on any atom is 0.170 e. The molecule has 0 unspecified atom stereocenters. The molecule has 4 N–H and O–H groups in total. The first-order valence-electron chi connectivity index (χ1n) is 3.15. The molecule has 0 aliphatic heterocycles. The van der Waals surface area contributed by atoms with Gasteiger partial charge in [-0.2, -0.15) is 0 Å². The van der Waals surface area contributed by atoms with E-state index in [1.165, 1.54) is 0 Å². The number of nitrogens with zero attached hydrogens (tertiary/aromatic N) is 3. The molecular formula is C5H8BN5. The Labute approximate surface area is 65.7 Å². The molecule has 1 heterocycles. The number of nitrogens with two attached hydrogens (primary N) is 2. The summed E-state index contributed by atoms with van der Waals surface area (Å²) in [7, 11) is 5.34. The topological polar surface area (TPSA) is 90.7 Å². The van der Waals surface area contributed by atoms with Crippen LogP contribution in [-0.4, -0.2) is 22.8 Å². The van der Waals surface area contributed by atoms with Crippen LogP contribution in [0.25, 0.3) is 0 Å². The standard InChI is InChI=1S/C5H8BN5/c6-5-10-3(1-7)9-4(2-8)11-5/h1-2,7-8H2. The van der Waals surface area contributed by atoms with Crippen molar-refractivity contribution in [1.82, 2.24) is 15.0 Å². The van der Waals surface area contributed by atoms with E-state index >= 15 is 0 Å². The molecule has 0 amide bonds. The lowest BCUT2D eigenvalue weighted by molar-refractivity contribution is 0.819. The van der Waals surface area contributed by atoms with E-state index in [1.807, 2.05) is 0 Å². The van der Waals surface area contributed by atoms with E-state index in [0.29, 0.717) is 11.6 Å². The lowest BCUT2D eigenvalue weighted by Gasteiger charge is -2.00. The third kappa shape index (κ3) is 1.96. The summed E-state index contributed by atoms with van der Waals surface area (Å²) in [5.74, 6) is 0.941. The van der Waals surface area contributed by atoms with Crippen molar-refractivity contribution >= 4 is 13.6 Å². The van der Waals surface area contributed by atoms with Crippen molar-refractivity contribution < 1.29 is 0 Å². The van der Waals surface area contributed by atoms with Crippen LogP contribution in [0.5, 0.6) is 0 Å². The van der Waals surface area contributed by atoms with E-state index in [9.17, 15) is 0 Å². The fraction of sp³-hybridized carbons (Fsp3) is 0.400. The fourth-order valence-corrected chi connectivity index (χ4v) is 0.671. The van der Waals surface area contributed by atoms with Crippen molar-refractivity contribution in [3.8, 4) is 0 Å². The van der Waals surface area contributed by atoms with Crippen LogP contribution in [0.4, 0.5) is 0 Å². The van der Waals surface area contributed by atoms with Gasteiger partial charge in [0.2, 0.25) is 0 Å². The van der Waals surface area contributed by atoms with E-state index in [0.717, 1.165) is 0 Å². The molecule has 11 heavy (non-hydrogen) atoms. The van der Waals surface area contributed by atoms with E-state index in [4.69, 9.17) is 19.3 Å². The summed E-state index contributed by atoms with van der Waals surface area (Å²) in [4.78, 5) is 11.5. The van der Waals surface area contributed by atoms with Gasteiger partial charge in [-0.15, -0.1) is 0 Å². The van der Waals surface area contributed by atoms with Gasteiger partial charge in [-0.3, -0.25) is 0 Å². The third-order valence-electron chi connectivity index (χ3n) is 1.11. The Bertz CT molecular complexity index is 228. The Kier molecular flexibility index (Phi) is 2.51. The largest absolute Gasteiger partial charge is 0.324 e. The average molecular weight is 149 g/mol. The number of hydrogen-bond donors (Lipinski definition) is 2. The van der Waals surface area contributed by atoms with Crippen LogP contribution < -0.4 is 17.2 Å². The first-order chi connectivity index (χ1) is 5.26. The molecule has 0 saturated carbocycles. The second kappa shape index (κ2) is 3.40. The van der Waals surface area contributed by atoms with Gasteiger partial charge in [0.1, 0.15) is 11.6 Å². The molecule has 0 saturated heterocycles. The van der Waals surface area contributed by atoms with Gasteiger partial charge in [-0.25, -0.2) is 15.0 Å². The van der Waals surface area contributed by atoms with Crippen LogP contribution in [0.15, 0.2) is 0 Å². The third-order valence-corrected chi connectivity index (χ3v) is 1.11. The first kappa shape index (κ1) is 8.09.